The molecule has 0 radical (unpaired) electrons. The van der Waals surface area contributed by atoms with E-state index in [4.69, 9.17) is 0 Å². The highest BCUT2D eigenvalue weighted by atomic mass is 27.2. The Kier molecular flexibility index (Phi) is 22.8. The van der Waals surface area contributed by atoms with Gasteiger partial charge in [0.25, 0.3) is 0 Å². The molecule has 6 aromatic carbocycles. The summed E-state index contributed by atoms with van der Waals surface area (Å²) >= 11 is -11.9. The second-order valence-electron chi connectivity index (χ2n) is 17.3. The van der Waals surface area contributed by atoms with Crippen LogP contribution in [0.4, 0.5) is 132 Å². The van der Waals surface area contributed by atoms with Gasteiger partial charge in [0, 0.05) is 6.42 Å². The van der Waals surface area contributed by atoms with Gasteiger partial charge >= 0.3 is 28.3 Å². The molecule has 1 N–H and O–H groups in total. The number of aromatic nitrogens is 3. The summed E-state index contributed by atoms with van der Waals surface area (Å²) in [5.41, 5.74) is 0. The van der Waals surface area contributed by atoms with Crippen molar-refractivity contribution in [1.29, 1.82) is 0 Å². The maximum atomic E-state index is 14.4. The summed E-state index contributed by atoms with van der Waals surface area (Å²) in [6.45, 7) is 2.27. The van der Waals surface area contributed by atoms with Crippen LogP contribution in [-0.2, 0) is 6.42 Å². The minimum Gasteiger partial charge on any atom is -0.263 e. The molecule has 0 aliphatic carbocycles. The van der Waals surface area contributed by atoms with Gasteiger partial charge < -0.3 is 0 Å². The Morgan fingerprint density at radius 2 is 0.417 bits per heavy atom. The number of halogens is 30. The molecule has 35 heteroatoms. The largest absolute Gasteiger partial charge is 0.413 e. The highest BCUT2D eigenvalue weighted by Gasteiger charge is 2.49. The zero-order valence-electron chi connectivity index (χ0n) is 41.0. The Balaban J connectivity index is 0.000000246. The van der Waals surface area contributed by atoms with Gasteiger partial charge in [-0.15, -0.1) is 0 Å². The molecule has 0 amide bonds. The molecule has 0 bridgehead atoms. The van der Waals surface area contributed by atoms with Gasteiger partial charge in [0.2, 0.25) is 0 Å². The van der Waals surface area contributed by atoms with Crippen molar-refractivity contribution < 1.29 is 132 Å². The van der Waals surface area contributed by atoms with Crippen molar-refractivity contribution in [2.75, 3.05) is 0 Å². The summed E-state index contributed by atoms with van der Waals surface area (Å²) in [4.78, 5) is 4.12. The van der Waals surface area contributed by atoms with E-state index in [-0.39, 0.29) is 0 Å². The van der Waals surface area contributed by atoms with Crippen LogP contribution in [0.15, 0.2) is 6.33 Å². The minimum absolute atomic E-state index is 1.03. The zero-order chi connectivity index (χ0) is 63.4. The van der Waals surface area contributed by atoms with Gasteiger partial charge in [-0.25, -0.2) is 137 Å². The van der Waals surface area contributed by atoms with Gasteiger partial charge in [0.05, 0.1) is 0 Å². The first-order chi connectivity index (χ1) is 39.3. The van der Waals surface area contributed by atoms with Crippen molar-refractivity contribution in [3.05, 3.63) is 187 Å². The molecular formula is C49H25Al2F30N3. The molecule has 7 rings (SSSR count). The molecule has 0 aliphatic rings. The smallest absolute Gasteiger partial charge is 0.263 e. The van der Waals surface area contributed by atoms with E-state index in [0.29, 0.717) is 0 Å². The first-order valence-electron chi connectivity index (χ1n) is 23.2. The predicted octanol–water partition coefficient (Wildman–Crippen LogP) is 12.5. The molecule has 1 heterocycles. The first-order valence-corrected chi connectivity index (χ1v) is 26.6. The molecule has 3 nitrogen and oxygen atoms in total. The minimum atomic E-state index is -5.96. The molecule has 1 aromatic heterocycles. The molecule has 0 fully saturated rings. The summed E-state index contributed by atoms with van der Waals surface area (Å²) in [7, 11) is 0. The lowest BCUT2D eigenvalue weighted by Gasteiger charge is -2.20. The third kappa shape index (κ3) is 13.0. The number of nitrogens with one attached hydrogen (secondary N) is 1. The lowest BCUT2D eigenvalue weighted by molar-refractivity contribution is 0.380. The van der Waals surface area contributed by atoms with Crippen LogP contribution >= 0.6 is 0 Å². The van der Waals surface area contributed by atoms with E-state index >= 15 is 0 Å². The number of H-pyrrole nitrogens is 1. The maximum Gasteiger partial charge on any atom is 0.413 e. The first kappa shape index (κ1) is 68.2. The van der Waals surface area contributed by atoms with E-state index < -0.39 is 229 Å². The molecular weight excluding hydrogens is 1250 g/mol. The number of unbranched alkanes of at least 4 members (excludes halogenated alkanes) is 8. The number of nitrogens with zero attached hydrogens (tertiary/aromatic N) is 2. The Labute approximate surface area is 458 Å². The normalized spacial score (nSPS) is 11.3. The molecule has 0 saturated heterocycles. The maximum absolute atomic E-state index is 14.4. The van der Waals surface area contributed by atoms with Gasteiger partial charge in [-0.2, -0.15) is 5.10 Å². The summed E-state index contributed by atoms with van der Waals surface area (Å²) < 4.78 is 403. The quantitative estimate of drug-likeness (QED) is 0.0344. The summed E-state index contributed by atoms with van der Waals surface area (Å²) in [6, 6.07) is 0. The highest BCUT2D eigenvalue weighted by molar-refractivity contribution is 6.96. The lowest BCUT2D eigenvalue weighted by Crippen LogP contribution is -2.60. The van der Waals surface area contributed by atoms with Crippen LogP contribution in [0.3, 0.4) is 0 Å². The molecule has 0 atom stereocenters. The number of aryl methyl sites for hydroxylation is 1. The van der Waals surface area contributed by atoms with E-state index in [2.05, 4.69) is 22.1 Å². The molecule has 0 unspecified atom stereocenters. The van der Waals surface area contributed by atoms with Crippen LogP contribution in [0.25, 0.3) is 0 Å². The van der Waals surface area contributed by atoms with Gasteiger partial charge in [-0.3, -0.25) is 5.10 Å². The van der Waals surface area contributed by atoms with Gasteiger partial charge in [-0.1, -0.05) is 58.3 Å². The zero-order valence-corrected chi connectivity index (χ0v) is 43.3. The molecule has 0 spiro atoms. The van der Waals surface area contributed by atoms with E-state index in [9.17, 15) is 132 Å². The van der Waals surface area contributed by atoms with Crippen LogP contribution < -0.4 is 26.6 Å². The average Bonchev–Trinajstić information content (AvgIpc) is 2.35. The highest BCUT2D eigenvalue weighted by Crippen LogP contribution is 2.27. The van der Waals surface area contributed by atoms with Crippen molar-refractivity contribution in [2.45, 2.75) is 71.1 Å². The van der Waals surface area contributed by atoms with Crippen molar-refractivity contribution in [3.8, 4) is 0 Å². The fraction of sp³-hybridized carbons (Fsp3) is 0.224. The second-order valence-corrected chi connectivity index (χ2v) is 22.5. The monoisotopic (exact) mass is 1280 g/mol. The third-order valence-corrected chi connectivity index (χ3v) is 18.7. The molecule has 452 valence electrons. The van der Waals surface area contributed by atoms with Crippen molar-refractivity contribution >= 4 is 54.8 Å². The van der Waals surface area contributed by atoms with E-state index in [1.54, 1.807) is 6.33 Å². The van der Waals surface area contributed by atoms with Crippen LogP contribution in [-0.4, -0.2) is 43.5 Å². The third-order valence-electron chi connectivity index (χ3n) is 12.2. The fourth-order valence-corrected chi connectivity index (χ4v) is 14.4. The number of aromatic amines is 1. The van der Waals surface area contributed by atoms with E-state index in [0.717, 1.165) is 12.2 Å². The molecule has 0 saturated carbocycles. The van der Waals surface area contributed by atoms with E-state index in [1.807, 2.05) is 0 Å². The second kappa shape index (κ2) is 28.1. The molecule has 84 heavy (non-hydrogen) atoms. The number of rotatable bonds is 16. The van der Waals surface area contributed by atoms with Crippen molar-refractivity contribution in [1.82, 2.24) is 15.2 Å². The predicted molar refractivity (Wildman–Crippen MR) is 234 cm³/mol. The number of hydrogen-bond donors (Lipinski definition) is 1. The van der Waals surface area contributed by atoms with Crippen LogP contribution in [0.2, 0.25) is 0 Å². The van der Waals surface area contributed by atoms with Crippen molar-refractivity contribution in [2.24, 2.45) is 0 Å². The average molecular weight is 1280 g/mol. The van der Waals surface area contributed by atoms with Crippen LogP contribution in [0, 0.1) is 175 Å². The Bertz CT molecular complexity index is 2920. The van der Waals surface area contributed by atoms with E-state index in [1.165, 1.54) is 57.8 Å². The van der Waals surface area contributed by atoms with Gasteiger partial charge in [-0.05, 0) is 33.0 Å². The fourth-order valence-electron chi connectivity index (χ4n) is 8.07. The SMILES string of the molecule is CCCCCCCCCCCc1ncn[nH]1.Fc1c(F)c(F)[c]([Al]([c]2c(F)c(F)c(F)c(F)c2F)[c]2c(F)c(F)c(F)c(F)c2F)c(F)c1F.Fc1c(F)c(F)[c]([Al]([c]2c(F)c(F)c(F)c(F)c2F)[c]2c(F)c(F)c(F)c(F)c2F)c(F)c1F. The Hall–Kier alpha value is -6.58. The summed E-state index contributed by atoms with van der Waals surface area (Å²) in [5.74, 6) is -88.1. The molecule has 0 aliphatic heterocycles. The Morgan fingerprint density at radius 1 is 0.250 bits per heavy atom. The number of benzene rings is 6. The van der Waals surface area contributed by atoms with Gasteiger partial charge in [0.15, 0.2) is 175 Å². The topological polar surface area (TPSA) is 41.6 Å². The summed E-state index contributed by atoms with van der Waals surface area (Å²) in [5, 5.41) is 6.74. The van der Waals surface area contributed by atoms with Crippen molar-refractivity contribution in [3.63, 3.8) is 0 Å². The van der Waals surface area contributed by atoms with Crippen LogP contribution in [0.1, 0.15) is 70.5 Å². The van der Waals surface area contributed by atoms with Crippen LogP contribution in [0.5, 0.6) is 0 Å². The standard InChI is InChI=1S/C13H25N3.6C6F5.2Al/c1-2-3-4-5-6-7-8-9-10-11-13-14-12-15-16-13;6*7-2-1-3(8)5(10)6(11)4(2)9;;/h12H,2-11H2,1H3,(H,14,15,16);;;;;;;;. The Morgan fingerprint density at radius 3 is 0.583 bits per heavy atom. The molecule has 7 aromatic rings. The summed E-state index contributed by atoms with van der Waals surface area (Å²) in [6.07, 6.45) is 15.0. The number of hydrogen-bond acceptors (Lipinski definition) is 2. The lowest BCUT2D eigenvalue weighted by atomic mass is 10.1. The van der Waals surface area contributed by atoms with Gasteiger partial charge in [0.1, 0.15) is 12.2 Å².